The first-order chi connectivity index (χ1) is 9.28. The average molecular weight is 385 g/mol. The van der Waals surface area contributed by atoms with Gasteiger partial charge in [-0.05, 0) is 88.5 Å². The molecule has 0 spiro atoms. The van der Waals surface area contributed by atoms with Gasteiger partial charge < -0.3 is 5.32 Å². The number of halogens is 1. The monoisotopic (exact) mass is 385 g/mol. The highest BCUT2D eigenvalue weighted by Gasteiger charge is 2.10. The number of hydrogen-bond donors (Lipinski definition) is 1. The Morgan fingerprint density at radius 3 is 2.47 bits per heavy atom. The summed E-state index contributed by atoms with van der Waals surface area (Å²) in [5, 5.41) is 8.10. The van der Waals surface area contributed by atoms with Crippen molar-refractivity contribution in [2.75, 3.05) is 6.54 Å². The van der Waals surface area contributed by atoms with Crippen LogP contribution in [-0.2, 0) is 12.8 Å². The van der Waals surface area contributed by atoms with Crippen LogP contribution in [-0.4, -0.2) is 12.6 Å². The Bertz CT molecular complexity index is 464. The second kappa shape index (κ2) is 8.02. The van der Waals surface area contributed by atoms with E-state index in [2.05, 4.69) is 75.9 Å². The molecule has 2 rings (SSSR count). The Kier molecular flexibility index (Phi) is 6.34. The maximum atomic E-state index is 3.67. The molecular formula is C16H20INS. The lowest BCUT2D eigenvalue weighted by Gasteiger charge is -2.18. The third-order valence-electron chi connectivity index (χ3n) is 3.14. The van der Waals surface area contributed by atoms with Gasteiger partial charge in [-0.3, -0.25) is 0 Å². The van der Waals surface area contributed by atoms with Crippen molar-refractivity contribution in [3.63, 3.8) is 0 Å². The highest BCUT2D eigenvalue weighted by Crippen LogP contribution is 2.13. The molecule has 0 saturated carbocycles. The minimum absolute atomic E-state index is 0.537. The number of nitrogens with one attached hydrogen (secondary N) is 1. The van der Waals surface area contributed by atoms with E-state index >= 15 is 0 Å². The van der Waals surface area contributed by atoms with Gasteiger partial charge in [-0.15, -0.1) is 0 Å². The van der Waals surface area contributed by atoms with Crippen molar-refractivity contribution < 1.29 is 0 Å². The van der Waals surface area contributed by atoms with Crippen molar-refractivity contribution in [2.45, 2.75) is 32.2 Å². The molecule has 1 aromatic carbocycles. The number of thiophene rings is 1. The summed E-state index contributed by atoms with van der Waals surface area (Å²) in [6.07, 6.45) is 3.41. The van der Waals surface area contributed by atoms with Crippen molar-refractivity contribution in [1.82, 2.24) is 5.32 Å². The number of benzene rings is 1. The van der Waals surface area contributed by atoms with Crippen LogP contribution in [0.4, 0.5) is 0 Å². The van der Waals surface area contributed by atoms with E-state index in [9.17, 15) is 0 Å². The van der Waals surface area contributed by atoms with Crippen LogP contribution in [0.3, 0.4) is 0 Å². The van der Waals surface area contributed by atoms with Crippen LogP contribution in [0.1, 0.15) is 24.5 Å². The average Bonchev–Trinajstić information content (AvgIpc) is 2.91. The zero-order valence-corrected chi connectivity index (χ0v) is 14.2. The van der Waals surface area contributed by atoms with Gasteiger partial charge in [0.25, 0.3) is 0 Å². The van der Waals surface area contributed by atoms with E-state index in [0.717, 1.165) is 19.4 Å². The van der Waals surface area contributed by atoms with E-state index < -0.39 is 0 Å². The highest BCUT2D eigenvalue weighted by molar-refractivity contribution is 14.1. The summed E-state index contributed by atoms with van der Waals surface area (Å²) < 4.78 is 1.30. The van der Waals surface area contributed by atoms with Crippen molar-refractivity contribution >= 4 is 33.9 Å². The molecule has 0 radical (unpaired) electrons. The Labute approximate surface area is 133 Å². The second-order valence-corrected chi connectivity index (χ2v) is 6.84. The van der Waals surface area contributed by atoms with Crippen LogP contribution in [0.25, 0.3) is 0 Å². The normalized spacial score (nSPS) is 12.5. The molecule has 0 amide bonds. The lowest BCUT2D eigenvalue weighted by Crippen LogP contribution is -2.33. The molecule has 0 aliphatic heterocycles. The summed E-state index contributed by atoms with van der Waals surface area (Å²) in [6.45, 7) is 3.32. The molecule has 1 heterocycles. The van der Waals surface area contributed by atoms with Crippen LogP contribution in [0.5, 0.6) is 0 Å². The molecule has 1 N–H and O–H groups in total. The minimum Gasteiger partial charge on any atom is -0.313 e. The summed E-state index contributed by atoms with van der Waals surface area (Å²) >= 11 is 4.14. The quantitative estimate of drug-likeness (QED) is 0.692. The molecule has 19 heavy (non-hydrogen) atoms. The van der Waals surface area contributed by atoms with Crippen LogP contribution < -0.4 is 5.32 Å². The van der Waals surface area contributed by atoms with E-state index in [0.29, 0.717) is 6.04 Å². The minimum atomic E-state index is 0.537. The molecule has 1 atom stereocenters. The SMILES string of the molecule is CCCNC(Cc1ccc(I)cc1)Cc1ccsc1. The summed E-state index contributed by atoms with van der Waals surface area (Å²) in [5.41, 5.74) is 2.87. The van der Waals surface area contributed by atoms with Gasteiger partial charge in [0, 0.05) is 9.61 Å². The first kappa shape index (κ1) is 15.0. The van der Waals surface area contributed by atoms with Crippen molar-refractivity contribution in [1.29, 1.82) is 0 Å². The smallest absolute Gasteiger partial charge is 0.0148 e. The zero-order chi connectivity index (χ0) is 13.5. The fraction of sp³-hybridized carbons (Fsp3) is 0.375. The number of hydrogen-bond acceptors (Lipinski definition) is 2. The van der Waals surface area contributed by atoms with Crippen molar-refractivity contribution in [3.05, 3.63) is 55.8 Å². The van der Waals surface area contributed by atoms with E-state index in [1.807, 2.05) is 0 Å². The predicted molar refractivity (Wildman–Crippen MR) is 93.0 cm³/mol. The van der Waals surface area contributed by atoms with Crippen LogP contribution >= 0.6 is 33.9 Å². The third-order valence-corrected chi connectivity index (χ3v) is 4.59. The summed E-state index contributed by atoms with van der Waals surface area (Å²) in [4.78, 5) is 0. The van der Waals surface area contributed by atoms with Gasteiger partial charge >= 0.3 is 0 Å². The molecule has 1 nitrogen and oxygen atoms in total. The van der Waals surface area contributed by atoms with Gasteiger partial charge in [-0.25, -0.2) is 0 Å². The van der Waals surface area contributed by atoms with Gasteiger partial charge in [0.05, 0.1) is 0 Å². The molecule has 3 heteroatoms. The Balaban J connectivity index is 1.98. The molecule has 0 aliphatic carbocycles. The Hall–Kier alpha value is -0.390. The van der Waals surface area contributed by atoms with Gasteiger partial charge in [-0.1, -0.05) is 19.1 Å². The van der Waals surface area contributed by atoms with Crippen LogP contribution in [0.2, 0.25) is 0 Å². The lowest BCUT2D eigenvalue weighted by molar-refractivity contribution is 0.505. The van der Waals surface area contributed by atoms with Gasteiger partial charge in [0.2, 0.25) is 0 Å². The summed E-state index contributed by atoms with van der Waals surface area (Å²) in [6, 6.07) is 11.6. The van der Waals surface area contributed by atoms with E-state index in [1.54, 1.807) is 11.3 Å². The largest absolute Gasteiger partial charge is 0.313 e. The Morgan fingerprint density at radius 1 is 1.11 bits per heavy atom. The van der Waals surface area contributed by atoms with Crippen LogP contribution in [0, 0.1) is 3.57 Å². The van der Waals surface area contributed by atoms with Crippen LogP contribution in [0.15, 0.2) is 41.1 Å². The third kappa shape index (κ3) is 5.24. The molecular weight excluding hydrogens is 365 g/mol. The fourth-order valence-corrected chi connectivity index (χ4v) is 3.20. The maximum Gasteiger partial charge on any atom is 0.0148 e. The molecule has 1 unspecified atom stereocenters. The highest BCUT2D eigenvalue weighted by atomic mass is 127. The van der Waals surface area contributed by atoms with E-state index in [-0.39, 0.29) is 0 Å². The lowest BCUT2D eigenvalue weighted by atomic mass is 10.0. The molecule has 0 saturated heterocycles. The first-order valence-corrected chi connectivity index (χ1v) is 8.79. The number of rotatable bonds is 7. The van der Waals surface area contributed by atoms with E-state index in [1.165, 1.54) is 21.1 Å². The molecule has 0 aliphatic rings. The molecule has 0 fully saturated rings. The Morgan fingerprint density at radius 2 is 1.84 bits per heavy atom. The van der Waals surface area contributed by atoms with Gasteiger partial charge in [-0.2, -0.15) is 11.3 Å². The topological polar surface area (TPSA) is 12.0 Å². The second-order valence-electron chi connectivity index (χ2n) is 4.82. The summed E-state index contributed by atoms with van der Waals surface area (Å²) in [7, 11) is 0. The molecule has 0 bridgehead atoms. The summed E-state index contributed by atoms with van der Waals surface area (Å²) in [5.74, 6) is 0. The zero-order valence-electron chi connectivity index (χ0n) is 11.2. The van der Waals surface area contributed by atoms with Gasteiger partial charge in [0.15, 0.2) is 0 Å². The first-order valence-electron chi connectivity index (χ1n) is 6.77. The molecule has 102 valence electrons. The van der Waals surface area contributed by atoms with Crippen molar-refractivity contribution in [2.24, 2.45) is 0 Å². The van der Waals surface area contributed by atoms with Gasteiger partial charge in [0.1, 0.15) is 0 Å². The predicted octanol–water partition coefficient (Wildman–Crippen LogP) is 4.51. The van der Waals surface area contributed by atoms with Crippen molar-refractivity contribution in [3.8, 4) is 0 Å². The maximum absolute atomic E-state index is 3.67. The molecule has 2 aromatic rings. The van der Waals surface area contributed by atoms with E-state index in [4.69, 9.17) is 0 Å². The standard InChI is InChI=1S/C16H20INS/c1-2-8-18-16(11-14-7-9-19-12-14)10-13-3-5-15(17)6-4-13/h3-7,9,12,16,18H,2,8,10-11H2,1H3. The molecule has 1 aromatic heterocycles. The fourth-order valence-electron chi connectivity index (χ4n) is 2.16.